The zero-order chi connectivity index (χ0) is 17.5. The maximum Gasteiger partial charge on any atom is 0.373 e. The number of hydrogen-bond donors (Lipinski definition) is 0. The first-order valence-corrected chi connectivity index (χ1v) is 7.71. The lowest BCUT2D eigenvalue weighted by Crippen LogP contribution is -1.90. The molecular weight excluding hydrogens is 302 g/mol. The number of hydrogen-bond acceptors (Lipinski definition) is 4. The van der Waals surface area contributed by atoms with Gasteiger partial charge >= 0.3 is 6.15 Å². The standard InChI is InChI=1S/C19H19NO.CO2/c1-4-15-5-7-16(8-6-15)21-19-9-10-20-18-12-14(3)13(2)11-17(18)19;2-1-3/h5-12H,4H2,1-3H3;. The predicted molar refractivity (Wildman–Crippen MR) is 92.1 cm³/mol. The Kier molecular flexibility index (Phi) is 5.83. The Balaban J connectivity index is 0.000000647. The van der Waals surface area contributed by atoms with Gasteiger partial charge in [-0.05, 0) is 67.3 Å². The van der Waals surface area contributed by atoms with Gasteiger partial charge in [0.2, 0.25) is 0 Å². The first-order chi connectivity index (χ1) is 11.6. The molecule has 0 amide bonds. The summed E-state index contributed by atoms with van der Waals surface area (Å²) in [5.74, 6) is 1.71. The minimum atomic E-state index is 0.250. The van der Waals surface area contributed by atoms with Gasteiger partial charge in [0.05, 0.1) is 5.52 Å². The normalized spacial score (nSPS) is 9.79. The first-order valence-electron chi connectivity index (χ1n) is 7.71. The van der Waals surface area contributed by atoms with Crippen LogP contribution in [-0.4, -0.2) is 11.1 Å². The Hall–Kier alpha value is -2.97. The van der Waals surface area contributed by atoms with E-state index in [4.69, 9.17) is 14.3 Å². The van der Waals surface area contributed by atoms with Crippen molar-refractivity contribution in [3.8, 4) is 11.5 Å². The van der Waals surface area contributed by atoms with Crippen LogP contribution in [0.3, 0.4) is 0 Å². The monoisotopic (exact) mass is 321 g/mol. The molecule has 0 N–H and O–H groups in total. The largest absolute Gasteiger partial charge is 0.457 e. The average molecular weight is 321 g/mol. The number of nitrogens with zero attached hydrogens (tertiary/aromatic N) is 1. The topological polar surface area (TPSA) is 56.3 Å². The molecule has 2 aromatic carbocycles. The summed E-state index contributed by atoms with van der Waals surface area (Å²) in [6, 6.07) is 14.4. The number of aryl methyl sites for hydroxylation is 3. The second-order valence-electron chi connectivity index (χ2n) is 5.45. The molecule has 1 aromatic heterocycles. The molecule has 3 rings (SSSR count). The van der Waals surface area contributed by atoms with Crippen molar-refractivity contribution in [1.29, 1.82) is 0 Å². The fourth-order valence-corrected chi connectivity index (χ4v) is 2.39. The molecule has 3 aromatic rings. The van der Waals surface area contributed by atoms with Crippen LogP contribution in [-0.2, 0) is 16.0 Å². The van der Waals surface area contributed by atoms with Crippen molar-refractivity contribution >= 4 is 17.1 Å². The fourth-order valence-electron chi connectivity index (χ4n) is 2.39. The highest BCUT2D eigenvalue weighted by molar-refractivity contribution is 5.86. The highest BCUT2D eigenvalue weighted by Gasteiger charge is 2.06. The molecule has 0 saturated carbocycles. The Morgan fingerprint density at radius 3 is 2.25 bits per heavy atom. The van der Waals surface area contributed by atoms with Crippen molar-refractivity contribution < 1.29 is 14.3 Å². The first kappa shape index (κ1) is 17.4. The van der Waals surface area contributed by atoms with Gasteiger partial charge in [-0.15, -0.1) is 0 Å². The molecular formula is C20H19NO3. The molecule has 4 heteroatoms. The van der Waals surface area contributed by atoms with Crippen LogP contribution in [0, 0.1) is 13.8 Å². The molecule has 0 aliphatic rings. The molecule has 0 fully saturated rings. The molecule has 0 atom stereocenters. The van der Waals surface area contributed by atoms with Crippen molar-refractivity contribution in [2.45, 2.75) is 27.2 Å². The molecule has 24 heavy (non-hydrogen) atoms. The molecule has 0 unspecified atom stereocenters. The van der Waals surface area contributed by atoms with Crippen LogP contribution in [0.25, 0.3) is 10.9 Å². The molecule has 1 heterocycles. The van der Waals surface area contributed by atoms with Crippen LogP contribution in [0.1, 0.15) is 23.6 Å². The minimum absolute atomic E-state index is 0.250. The lowest BCUT2D eigenvalue weighted by Gasteiger charge is -2.10. The van der Waals surface area contributed by atoms with Gasteiger partial charge in [-0.2, -0.15) is 9.59 Å². The molecule has 122 valence electrons. The molecule has 0 aliphatic heterocycles. The summed E-state index contributed by atoms with van der Waals surface area (Å²) in [6.07, 6.45) is 3.09. The third kappa shape index (κ3) is 4.06. The number of benzene rings is 2. The summed E-state index contributed by atoms with van der Waals surface area (Å²) in [6.45, 7) is 6.37. The van der Waals surface area contributed by atoms with Gasteiger partial charge < -0.3 is 4.74 Å². The second kappa shape index (κ2) is 8.04. The van der Waals surface area contributed by atoms with Crippen molar-refractivity contribution in [1.82, 2.24) is 4.98 Å². The predicted octanol–water partition coefficient (Wildman–Crippen LogP) is 4.62. The Morgan fingerprint density at radius 1 is 1.00 bits per heavy atom. The van der Waals surface area contributed by atoms with Crippen molar-refractivity contribution in [2.75, 3.05) is 0 Å². The van der Waals surface area contributed by atoms with E-state index in [1.807, 2.05) is 18.2 Å². The quantitative estimate of drug-likeness (QED) is 0.706. The third-order valence-electron chi connectivity index (χ3n) is 3.88. The molecule has 4 nitrogen and oxygen atoms in total. The van der Waals surface area contributed by atoms with Gasteiger partial charge in [-0.1, -0.05) is 19.1 Å². The van der Waals surface area contributed by atoms with Gasteiger partial charge in [-0.3, -0.25) is 4.98 Å². The van der Waals surface area contributed by atoms with E-state index in [-0.39, 0.29) is 6.15 Å². The summed E-state index contributed by atoms with van der Waals surface area (Å²) < 4.78 is 6.05. The summed E-state index contributed by atoms with van der Waals surface area (Å²) in [4.78, 5) is 20.7. The van der Waals surface area contributed by atoms with E-state index in [0.717, 1.165) is 28.8 Å². The van der Waals surface area contributed by atoms with Gasteiger partial charge in [-0.25, -0.2) is 0 Å². The van der Waals surface area contributed by atoms with Crippen LogP contribution in [0.2, 0.25) is 0 Å². The molecule has 0 saturated heterocycles. The van der Waals surface area contributed by atoms with E-state index in [1.54, 1.807) is 6.20 Å². The van der Waals surface area contributed by atoms with Crippen LogP contribution in [0.15, 0.2) is 48.7 Å². The highest BCUT2D eigenvalue weighted by atomic mass is 16.5. The summed E-state index contributed by atoms with van der Waals surface area (Å²) in [5, 5.41) is 1.06. The molecule has 0 bridgehead atoms. The van der Waals surface area contributed by atoms with E-state index < -0.39 is 0 Å². The smallest absolute Gasteiger partial charge is 0.373 e. The Morgan fingerprint density at radius 2 is 1.62 bits per heavy atom. The maximum absolute atomic E-state index is 8.12. The van der Waals surface area contributed by atoms with E-state index in [9.17, 15) is 0 Å². The second-order valence-corrected chi connectivity index (χ2v) is 5.45. The number of pyridine rings is 1. The highest BCUT2D eigenvalue weighted by Crippen LogP contribution is 2.30. The summed E-state index contributed by atoms with van der Waals surface area (Å²) in [7, 11) is 0. The number of aromatic nitrogens is 1. The minimum Gasteiger partial charge on any atom is -0.457 e. The van der Waals surface area contributed by atoms with Gasteiger partial charge in [0.15, 0.2) is 0 Å². The van der Waals surface area contributed by atoms with E-state index in [2.05, 4.69) is 50.0 Å². The lowest BCUT2D eigenvalue weighted by atomic mass is 10.1. The molecule has 0 radical (unpaired) electrons. The molecule has 0 spiro atoms. The van der Waals surface area contributed by atoms with Crippen molar-refractivity contribution in [3.63, 3.8) is 0 Å². The zero-order valence-corrected chi connectivity index (χ0v) is 14.0. The number of ether oxygens (including phenoxy) is 1. The SMILES string of the molecule is CCc1ccc(Oc2ccnc3cc(C)c(C)cc23)cc1.O=C=O. The average Bonchev–Trinajstić information content (AvgIpc) is 2.58. The van der Waals surface area contributed by atoms with Gasteiger partial charge in [0, 0.05) is 11.6 Å². The summed E-state index contributed by atoms with van der Waals surface area (Å²) in [5.41, 5.74) is 4.79. The molecule has 0 aliphatic carbocycles. The number of carbonyl (C=O) groups excluding carboxylic acids is 2. The van der Waals surface area contributed by atoms with E-state index in [0.29, 0.717) is 0 Å². The van der Waals surface area contributed by atoms with E-state index >= 15 is 0 Å². The summed E-state index contributed by atoms with van der Waals surface area (Å²) >= 11 is 0. The van der Waals surface area contributed by atoms with Crippen molar-refractivity contribution in [3.05, 3.63) is 65.4 Å². The van der Waals surface area contributed by atoms with Crippen LogP contribution in [0.5, 0.6) is 11.5 Å². The van der Waals surface area contributed by atoms with Gasteiger partial charge in [0.25, 0.3) is 0 Å². The number of fused-ring (bicyclic) bond motifs is 1. The zero-order valence-electron chi connectivity index (χ0n) is 14.0. The fraction of sp³-hybridized carbons (Fsp3) is 0.200. The number of rotatable bonds is 3. The van der Waals surface area contributed by atoms with Crippen LogP contribution < -0.4 is 4.74 Å². The maximum atomic E-state index is 8.12. The van der Waals surface area contributed by atoms with E-state index in [1.165, 1.54) is 16.7 Å². The van der Waals surface area contributed by atoms with Crippen LogP contribution >= 0.6 is 0 Å². The third-order valence-corrected chi connectivity index (χ3v) is 3.88. The Labute approximate surface area is 141 Å². The van der Waals surface area contributed by atoms with Crippen molar-refractivity contribution in [2.24, 2.45) is 0 Å². The lowest BCUT2D eigenvalue weighted by molar-refractivity contribution is -0.191. The Bertz CT molecular complexity index is 864. The van der Waals surface area contributed by atoms with Gasteiger partial charge in [0.1, 0.15) is 11.5 Å². The van der Waals surface area contributed by atoms with Crippen LogP contribution in [0.4, 0.5) is 0 Å².